The van der Waals surface area contributed by atoms with Crippen LogP contribution in [0, 0.1) is 5.82 Å². The molecule has 1 aromatic heterocycles. The number of anilines is 1. The number of carbonyl (C=O) groups is 3. The lowest BCUT2D eigenvalue weighted by atomic mass is 10.3. The van der Waals surface area contributed by atoms with Gasteiger partial charge in [0, 0.05) is 6.42 Å². The molecule has 24 heavy (non-hydrogen) atoms. The second-order valence-electron chi connectivity index (χ2n) is 4.49. The first-order chi connectivity index (χ1) is 11.3. The molecule has 11 heteroatoms. The van der Waals surface area contributed by atoms with Crippen molar-refractivity contribution in [3.63, 3.8) is 0 Å². The van der Waals surface area contributed by atoms with E-state index in [1.807, 2.05) is 0 Å². The second-order valence-corrected chi connectivity index (χ2v) is 5.65. The molecule has 0 aliphatic rings. The molecule has 2 rings (SSSR count). The number of aliphatic carboxylic acids is 1. The molecule has 0 bridgehead atoms. The Morgan fingerprint density at radius 2 is 2.00 bits per heavy atom. The molecule has 0 atom stereocenters. The third-order valence-electron chi connectivity index (χ3n) is 2.74. The maximum Gasteiger partial charge on any atom is 0.303 e. The number of aromatic nitrogens is 3. The summed E-state index contributed by atoms with van der Waals surface area (Å²) in [4.78, 5) is 35.0. The fraction of sp³-hybridized carbons (Fsp3) is 0.154. The molecule has 126 valence electrons. The zero-order valence-electron chi connectivity index (χ0n) is 11.8. The molecule has 8 nitrogen and oxygen atoms in total. The summed E-state index contributed by atoms with van der Waals surface area (Å²) in [5.41, 5.74) is -0.0548. The number of hydrogen-bond donors (Lipinski definition) is 2. The van der Waals surface area contributed by atoms with Crippen molar-refractivity contribution >= 4 is 51.0 Å². The van der Waals surface area contributed by atoms with Crippen molar-refractivity contribution in [3.05, 3.63) is 39.3 Å². The molecule has 0 unspecified atom stereocenters. The van der Waals surface area contributed by atoms with Gasteiger partial charge in [-0.3, -0.25) is 14.4 Å². The summed E-state index contributed by atoms with van der Waals surface area (Å²) in [6.45, 7) is 0. The molecule has 0 aliphatic carbocycles. The number of carbonyl (C=O) groups excluding carboxylic acids is 2. The molecular weight excluding hydrogens is 411 g/mol. The summed E-state index contributed by atoms with van der Waals surface area (Å²) in [6.07, 6.45) is -0.702. The van der Waals surface area contributed by atoms with Crippen molar-refractivity contribution < 1.29 is 23.9 Å². The number of hydrogen-bond acceptors (Lipinski definition) is 5. The number of nitrogens with one attached hydrogen (secondary N) is 1. The highest BCUT2D eigenvalue weighted by Crippen LogP contribution is 2.23. The lowest BCUT2D eigenvalue weighted by Crippen LogP contribution is -2.18. The molecule has 0 spiro atoms. The van der Waals surface area contributed by atoms with Crippen molar-refractivity contribution in [2.45, 2.75) is 12.8 Å². The minimum absolute atomic E-state index is 0.00982. The largest absolute Gasteiger partial charge is 0.481 e. The molecule has 1 aromatic carbocycles. The standard InChI is InChI=1S/C13H9BrClFN4O4/c14-12-11(18-20(19-12)9(21)3-4-10(22)23)13(24)17-8-2-1-6(16)5-7(8)15/h1-2,5H,3-4H2,(H,17,24)(H,22,23). The molecule has 2 N–H and O–H groups in total. The Morgan fingerprint density at radius 1 is 1.29 bits per heavy atom. The summed E-state index contributed by atoms with van der Waals surface area (Å²) in [7, 11) is 0. The molecule has 0 fully saturated rings. The first-order valence-electron chi connectivity index (χ1n) is 6.42. The predicted octanol–water partition coefficient (Wildman–Crippen LogP) is 2.59. The number of halogens is 3. The average Bonchev–Trinajstić information content (AvgIpc) is 2.89. The van der Waals surface area contributed by atoms with Crippen LogP contribution in [-0.2, 0) is 4.79 Å². The van der Waals surface area contributed by atoms with Gasteiger partial charge in [-0.25, -0.2) is 4.39 Å². The van der Waals surface area contributed by atoms with Crippen LogP contribution in [-0.4, -0.2) is 37.9 Å². The Balaban J connectivity index is 2.15. The highest BCUT2D eigenvalue weighted by atomic mass is 79.9. The van der Waals surface area contributed by atoms with Gasteiger partial charge in [-0.2, -0.15) is 0 Å². The van der Waals surface area contributed by atoms with Crippen LogP contribution in [0.5, 0.6) is 0 Å². The van der Waals surface area contributed by atoms with Gasteiger partial charge >= 0.3 is 5.97 Å². The smallest absolute Gasteiger partial charge is 0.303 e. The summed E-state index contributed by atoms with van der Waals surface area (Å²) in [5, 5.41) is 18.4. The third kappa shape index (κ3) is 4.36. The summed E-state index contributed by atoms with van der Waals surface area (Å²) in [5.74, 6) is -3.11. The maximum atomic E-state index is 13.0. The van der Waals surface area contributed by atoms with E-state index in [4.69, 9.17) is 16.7 Å². The van der Waals surface area contributed by atoms with E-state index in [0.717, 1.165) is 12.1 Å². The first kappa shape index (κ1) is 18.0. The van der Waals surface area contributed by atoms with E-state index in [2.05, 4.69) is 31.4 Å². The van der Waals surface area contributed by atoms with Gasteiger partial charge in [-0.1, -0.05) is 11.6 Å². The van der Waals surface area contributed by atoms with E-state index in [1.165, 1.54) is 6.07 Å². The van der Waals surface area contributed by atoms with Crippen LogP contribution in [0.1, 0.15) is 28.1 Å². The SMILES string of the molecule is O=C(O)CCC(=O)n1nc(Br)c(C(=O)Nc2ccc(F)cc2Cl)n1. The summed E-state index contributed by atoms with van der Waals surface area (Å²) < 4.78 is 13.0. The Bertz CT molecular complexity index is 826. The monoisotopic (exact) mass is 418 g/mol. The van der Waals surface area contributed by atoms with Gasteiger partial charge in [0.05, 0.1) is 17.1 Å². The van der Waals surface area contributed by atoms with Crippen molar-refractivity contribution in [1.82, 2.24) is 15.0 Å². The molecule has 0 saturated carbocycles. The second kappa shape index (κ2) is 7.49. The van der Waals surface area contributed by atoms with Gasteiger partial charge in [0.25, 0.3) is 11.8 Å². The lowest BCUT2D eigenvalue weighted by Gasteiger charge is -2.05. The fourth-order valence-corrected chi connectivity index (χ4v) is 2.25. The Hall–Kier alpha value is -2.33. The fourth-order valence-electron chi connectivity index (χ4n) is 1.63. The van der Waals surface area contributed by atoms with Gasteiger partial charge < -0.3 is 10.4 Å². The molecule has 1 amide bonds. The van der Waals surface area contributed by atoms with Crippen LogP contribution in [0.15, 0.2) is 22.8 Å². The van der Waals surface area contributed by atoms with Crippen molar-refractivity contribution in [3.8, 4) is 0 Å². The number of carboxylic acid groups (broad SMARTS) is 1. The van der Waals surface area contributed by atoms with E-state index >= 15 is 0 Å². The number of benzene rings is 1. The van der Waals surface area contributed by atoms with Crippen LogP contribution >= 0.6 is 27.5 Å². The molecule has 0 aliphatic heterocycles. The molecule has 0 saturated heterocycles. The van der Waals surface area contributed by atoms with Gasteiger partial charge in [0.1, 0.15) is 5.82 Å². The normalized spacial score (nSPS) is 10.5. The molecule has 1 heterocycles. The van der Waals surface area contributed by atoms with E-state index in [1.54, 1.807) is 0 Å². The summed E-state index contributed by atoms with van der Waals surface area (Å²) in [6, 6.07) is 3.41. The number of carboxylic acids is 1. The lowest BCUT2D eigenvalue weighted by molar-refractivity contribution is -0.137. The van der Waals surface area contributed by atoms with Crippen LogP contribution in [0.3, 0.4) is 0 Å². The van der Waals surface area contributed by atoms with Crippen LogP contribution in [0.25, 0.3) is 0 Å². The number of amides is 1. The summed E-state index contributed by atoms with van der Waals surface area (Å²) >= 11 is 8.80. The van der Waals surface area contributed by atoms with Crippen LogP contribution in [0.2, 0.25) is 5.02 Å². The maximum absolute atomic E-state index is 13.0. The van der Waals surface area contributed by atoms with E-state index in [0.29, 0.717) is 4.80 Å². The Kier molecular flexibility index (Phi) is 5.62. The van der Waals surface area contributed by atoms with Crippen LogP contribution < -0.4 is 5.32 Å². The quantitative estimate of drug-likeness (QED) is 0.770. The Labute approximate surface area is 147 Å². The number of nitrogens with zero attached hydrogens (tertiary/aromatic N) is 3. The van der Waals surface area contributed by atoms with Crippen molar-refractivity contribution in [1.29, 1.82) is 0 Å². The minimum Gasteiger partial charge on any atom is -0.481 e. The average molecular weight is 420 g/mol. The zero-order valence-corrected chi connectivity index (χ0v) is 14.1. The van der Waals surface area contributed by atoms with Crippen LogP contribution in [0.4, 0.5) is 10.1 Å². The first-order valence-corrected chi connectivity index (χ1v) is 7.59. The van der Waals surface area contributed by atoms with E-state index in [9.17, 15) is 18.8 Å². The van der Waals surface area contributed by atoms with Gasteiger partial charge in [0.2, 0.25) is 0 Å². The van der Waals surface area contributed by atoms with Gasteiger partial charge in [0.15, 0.2) is 10.3 Å². The van der Waals surface area contributed by atoms with Gasteiger partial charge in [-0.15, -0.1) is 15.0 Å². The molecule has 0 radical (unpaired) electrons. The highest BCUT2D eigenvalue weighted by Gasteiger charge is 2.21. The predicted molar refractivity (Wildman–Crippen MR) is 84.6 cm³/mol. The van der Waals surface area contributed by atoms with E-state index in [-0.39, 0.29) is 33.8 Å². The minimum atomic E-state index is -1.14. The van der Waals surface area contributed by atoms with Crippen molar-refractivity contribution in [2.75, 3.05) is 5.32 Å². The Morgan fingerprint density at radius 3 is 2.62 bits per heavy atom. The third-order valence-corrected chi connectivity index (χ3v) is 3.59. The topological polar surface area (TPSA) is 114 Å². The van der Waals surface area contributed by atoms with Crippen molar-refractivity contribution in [2.24, 2.45) is 0 Å². The molecule has 2 aromatic rings. The molecular formula is C13H9BrClFN4O4. The van der Waals surface area contributed by atoms with Gasteiger partial charge in [-0.05, 0) is 34.1 Å². The highest BCUT2D eigenvalue weighted by molar-refractivity contribution is 9.10. The number of rotatable bonds is 5. The zero-order chi connectivity index (χ0) is 17.9. The van der Waals surface area contributed by atoms with E-state index < -0.39 is 23.6 Å².